The average Bonchev–Trinajstić information content (AvgIpc) is 2.28. The second-order valence-electron chi connectivity index (χ2n) is 5.22. The molecule has 2 N–H and O–H groups in total. The average molecular weight is 237 g/mol. The van der Waals surface area contributed by atoms with Gasteiger partial charge in [-0.25, -0.2) is 0 Å². The van der Waals surface area contributed by atoms with E-state index < -0.39 is 0 Å². The lowest BCUT2D eigenvalue weighted by molar-refractivity contribution is 0.144. The minimum absolute atomic E-state index is 0.0146. The molecule has 1 atom stereocenters. The van der Waals surface area contributed by atoms with Gasteiger partial charge in [0.25, 0.3) is 0 Å². The summed E-state index contributed by atoms with van der Waals surface area (Å²) < 4.78 is 10.7. The summed E-state index contributed by atoms with van der Waals surface area (Å²) in [6.07, 6.45) is 0. The summed E-state index contributed by atoms with van der Waals surface area (Å²) in [5.74, 6) is 0.854. The Hall–Kier alpha value is -1.06. The molecule has 0 saturated carbocycles. The maximum atomic E-state index is 6.27. The number of para-hydroxylation sites is 1. The van der Waals surface area contributed by atoms with Crippen LogP contribution < -0.4 is 10.5 Å². The van der Waals surface area contributed by atoms with E-state index in [2.05, 4.69) is 20.8 Å². The van der Waals surface area contributed by atoms with E-state index in [9.17, 15) is 0 Å². The van der Waals surface area contributed by atoms with Crippen LogP contribution in [0, 0.1) is 5.41 Å². The van der Waals surface area contributed by atoms with Crippen molar-refractivity contribution < 1.29 is 9.47 Å². The third kappa shape index (κ3) is 4.02. The fourth-order valence-electron chi connectivity index (χ4n) is 1.57. The van der Waals surface area contributed by atoms with E-state index >= 15 is 0 Å². The van der Waals surface area contributed by atoms with Crippen LogP contribution in [0.15, 0.2) is 24.3 Å². The number of ether oxygens (including phenoxy) is 2. The number of benzene rings is 1. The molecule has 0 spiro atoms. The SMILES string of the molecule is COCCOc1ccccc1C(N)C(C)(C)C. The van der Waals surface area contributed by atoms with Crippen LogP contribution in [0.2, 0.25) is 0 Å². The fourth-order valence-corrected chi connectivity index (χ4v) is 1.57. The summed E-state index contributed by atoms with van der Waals surface area (Å²) in [5.41, 5.74) is 7.33. The molecule has 3 heteroatoms. The van der Waals surface area contributed by atoms with E-state index in [4.69, 9.17) is 15.2 Å². The Morgan fingerprint density at radius 2 is 1.82 bits per heavy atom. The van der Waals surface area contributed by atoms with Crippen LogP contribution in [0.25, 0.3) is 0 Å². The topological polar surface area (TPSA) is 44.5 Å². The predicted molar refractivity (Wildman–Crippen MR) is 70.2 cm³/mol. The summed E-state index contributed by atoms with van der Waals surface area (Å²) >= 11 is 0. The first-order valence-electron chi connectivity index (χ1n) is 5.93. The third-order valence-electron chi connectivity index (χ3n) is 2.73. The zero-order valence-corrected chi connectivity index (χ0v) is 11.2. The second-order valence-corrected chi connectivity index (χ2v) is 5.22. The Kier molecular flexibility index (Phi) is 4.97. The molecule has 0 aliphatic carbocycles. The normalized spacial score (nSPS) is 13.5. The van der Waals surface area contributed by atoms with Crippen molar-refractivity contribution in [2.45, 2.75) is 26.8 Å². The molecule has 1 aromatic rings. The van der Waals surface area contributed by atoms with Gasteiger partial charge in [-0.05, 0) is 11.5 Å². The zero-order valence-electron chi connectivity index (χ0n) is 11.2. The Morgan fingerprint density at radius 3 is 2.41 bits per heavy atom. The molecule has 0 aliphatic rings. The summed E-state index contributed by atoms with van der Waals surface area (Å²) in [5, 5.41) is 0. The molecule has 0 aliphatic heterocycles. The van der Waals surface area contributed by atoms with Gasteiger partial charge in [0.05, 0.1) is 6.61 Å². The van der Waals surface area contributed by atoms with E-state index in [0.717, 1.165) is 11.3 Å². The molecule has 0 saturated heterocycles. The van der Waals surface area contributed by atoms with E-state index in [1.54, 1.807) is 7.11 Å². The van der Waals surface area contributed by atoms with Crippen LogP contribution in [0.5, 0.6) is 5.75 Å². The standard InChI is InChI=1S/C14H23NO2/c1-14(2,3)13(15)11-7-5-6-8-12(11)17-10-9-16-4/h5-8,13H,9-10,15H2,1-4H3. The smallest absolute Gasteiger partial charge is 0.124 e. The molecule has 17 heavy (non-hydrogen) atoms. The van der Waals surface area contributed by atoms with Crippen LogP contribution in [-0.4, -0.2) is 20.3 Å². The van der Waals surface area contributed by atoms with Crippen molar-refractivity contribution in [2.24, 2.45) is 11.1 Å². The predicted octanol–water partition coefficient (Wildman–Crippen LogP) is 2.76. The van der Waals surface area contributed by atoms with Crippen molar-refractivity contribution in [1.29, 1.82) is 0 Å². The Bertz CT molecular complexity index is 344. The second kappa shape index (κ2) is 6.03. The molecule has 0 aromatic heterocycles. The monoisotopic (exact) mass is 237 g/mol. The lowest BCUT2D eigenvalue weighted by Crippen LogP contribution is -2.26. The summed E-state index contributed by atoms with van der Waals surface area (Å²) in [6.45, 7) is 7.51. The first kappa shape index (κ1) is 14.0. The van der Waals surface area contributed by atoms with E-state index in [-0.39, 0.29) is 11.5 Å². The molecule has 1 aromatic carbocycles. The van der Waals surface area contributed by atoms with Crippen LogP contribution >= 0.6 is 0 Å². The molecule has 1 rings (SSSR count). The largest absolute Gasteiger partial charge is 0.491 e. The number of rotatable bonds is 5. The minimum Gasteiger partial charge on any atom is -0.491 e. The Balaban J connectivity index is 2.84. The van der Waals surface area contributed by atoms with Gasteiger partial charge >= 0.3 is 0 Å². The third-order valence-corrected chi connectivity index (χ3v) is 2.73. The number of methoxy groups -OCH3 is 1. The van der Waals surface area contributed by atoms with E-state index in [1.165, 1.54) is 0 Å². The fraction of sp³-hybridized carbons (Fsp3) is 0.571. The van der Waals surface area contributed by atoms with Crippen molar-refractivity contribution in [1.82, 2.24) is 0 Å². The molecule has 0 bridgehead atoms. The van der Waals surface area contributed by atoms with Crippen molar-refractivity contribution in [3.63, 3.8) is 0 Å². The van der Waals surface area contributed by atoms with Gasteiger partial charge < -0.3 is 15.2 Å². The van der Waals surface area contributed by atoms with Gasteiger partial charge in [0.1, 0.15) is 12.4 Å². The number of hydrogen-bond acceptors (Lipinski definition) is 3. The van der Waals surface area contributed by atoms with Crippen LogP contribution in [0.4, 0.5) is 0 Å². The van der Waals surface area contributed by atoms with Gasteiger partial charge in [0.2, 0.25) is 0 Å². The Morgan fingerprint density at radius 1 is 1.18 bits per heavy atom. The first-order chi connectivity index (χ1) is 7.96. The molecular formula is C14H23NO2. The molecule has 1 unspecified atom stereocenters. The van der Waals surface area contributed by atoms with E-state index in [0.29, 0.717) is 13.2 Å². The molecular weight excluding hydrogens is 214 g/mol. The van der Waals surface area contributed by atoms with Gasteiger partial charge in [0.15, 0.2) is 0 Å². The maximum absolute atomic E-state index is 6.27. The van der Waals surface area contributed by atoms with Gasteiger partial charge in [-0.1, -0.05) is 39.0 Å². The molecule has 96 valence electrons. The molecule has 3 nitrogen and oxygen atoms in total. The first-order valence-corrected chi connectivity index (χ1v) is 5.93. The highest BCUT2D eigenvalue weighted by Crippen LogP contribution is 2.35. The van der Waals surface area contributed by atoms with Crippen molar-refractivity contribution in [3.05, 3.63) is 29.8 Å². The van der Waals surface area contributed by atoms with Crippen molar-refractivity contribution >= 4 is 0 Å². The molecule has 0 fully saturated rings. The van der Waals surface area contributed by atoms with Crippen LogP contribution in [0.3, 0.4) is 0 Å². The van der Waals surface area contributed by atoms with Gasteiger partial charge in [-0.15, -0.1) is 0 Å². The number of hydrogen-bond donors (Lipinski definition) is 1. The maximum Gasteiger partial charge on any atom is 0.124 e. The zero-order chi connectivity index (χ0) is 12.9. The Labute approximate surface area is 104 Å². The summed E-state index contributed by atoms with van der Waals surface area (Å²) in [4.78, 5) is 0. The molecule has 0 heterocycles. The summed E-state index contributed by atoms with van der Waals surface area (Å²) in [6, 6.07) is 7.89. The quantitative estimate of drug-likeness (QED) is 0.801. The summed E-state index contributed by atoms with van der Waals surface area (Å²) in [7, 11) is 1.66. The number of nitrogens with two attached hydrogens (primary N) is 1. The molecule has 0 amide bonds. The van der Waals surface area contributed by atoms with Gasteiger partial charge in [-0.2, -0.15) is 0 Å². The van der Waals surface area contributed by atoms with Crippen LogP contribution in [0.1, 0.15) is 32.4 Å². The highest BCUT2D eigenvalue weighted by atomic mass is 16.5. The molecule has 0 radical (unpaired) electrons. The highest BCUT2D eigenvalue weighted by molar-refractivity contribution is 5.36. The minimum atomic E-state index is -0.0405. The van der Waals surface area contributed by atoms with Gasteiger partial charge in [0, 0.05) is 18.7 Å². The highest BCUT2D eigenvalue weighted by Gasteiger charge is 2.24. The van der Waals surface area contributed by atoms with Crippen molar-refractivity contribution in [2.75, 3.05) is 20.3 Å². The van der Waals surface area contributed by atoms with E-state index in [1.807, 2.05) is 24.3 Å². The van der Waals surface area contributed by atoms with Crippen molar-refractivity contribution in [3.8, 4) is 5.75 Å². The lowest BCUT2D eigenvalue weighted by Gasteiger charge is -2.28. The lowest BCUT2D eigenvalue weighted by atomic mass is 9.83. The van der Waals surface area contributed by atoms with Crippen LogP contribution in [-0.2, 0) is 4.74 Å². The van der Waals surface area contributed by atoms with Gasteiger partial charge in [-0.3, -0.25) is 0 Å².